The molecule has 21 heavy (non-hydrogen) atoms. The van der Waals surface area contributed by atoms with E-state index in [4.69, 9.17) is 5.73 Å². The van der Waals surface area contributed by atoms with Gasteiger partial charge in [-0.3, -0.25) is 4.79 Å². The summed E-state index contributed by atoms with van der Waals surface area (Å²) in [7, 11) is 0. The first kappa shape index (κ1) is 16.8. The number of carbonyl (C=O) groups excluding carboxylic acids is 1. The number of hydrogen-bond acceptors (Lipinski definition) is 2. The number of nitrogens with two attached hydrogens (primary N) is 1. The molecule has 3 nitrogen and oxygen atoms in total. The van der Waals surface area contributed by atoms with E-state index in [2.05, 4.69) is 25.7 Å². The lowest BCUT2D eigenvalue weighted by molar-refractivity contribution is -0.139. The standard InChI is InChI=1S/C18H34N2O/c1-4-6-15-7-5-9-20(10-8-15)18(21)16-12-17(19)14(3)11-13(16)2/h13-17H,4-12,19H2,1-3H3. The molecule has 0 aromatic carbocycles. The molecule has 2 aliphatic rings. The lowest BCUT2D eigenvalue weighted by Crippen LogP contribution is -2.46. The van der Waals surface area contributed by atoms with E-state index in [1.54, 1.807) is 0 Å². The van der Waals surface area contributed by atoms with Gasteiger partial charge in [-0.1, -0.05) is 33.6 Å². The molecule has 122 valence electrons. The van der Waals surface area contributed by atoms with E-state index in [1.807, 2.05) is 0 Å². The van der Waals surface area contributed by atoms with Gasteiger partial charge in [0.15, 0.2) is 0 Å². The summed E-state index contributed by atoms with van der Waals surface area (Å²) in [6.07, 6.45) is 8.26. The Bertz CT molecular complexity index is 344. The van der Waals surface area contributed by atoms with Gasteiger partial charge in [0.2, 0.25) is 5.91 Å². The van der Waals surface area contributed by atoms with E-state index in [-0.39, 0.29) is 12.0 Å². The van der Waals surface area contributed by atoms with Crippen LogP contribution in [-0.2, 0) is 4.79 Å². The Balaban J connectivity index is 1.93. The molecular formula is C18H34N2O. The van der Waals surface area contributed by atoms with Crippen LogP contribution in [0.2, 0.25) is 0 Å². The highest BCUT2D eigenvalue weighted by atomic mass is 16.2. The van der Waals surface area contributed by atoms with E-state index >= 15 is 0 Å². The fourth-order valence-corrected chi connectivity index (χ4v) is 4.34. The fourth-order valence-electron chi connectivity index (χ4n) is 4.34. The Hall–Kier alpha value is -0.570. The van der Waals surface area contributed by atoms with Crippen LogP contribution in [0.1, 0.15) is 65.7 Å². The van der Waals surface area contributed by atoms with Crippen molar-refractivity contribution in [3.8, 4) is 0 Å². The molecule has 1 amide bonds. The summed E-state index contributed by atoms with van der Waals surface area (Å²) in [6, 6.07) is 0.204. The minimum absolute atomic E-state index is 0.166. The number of nitrogens with zero attached hydrogens (tertiary/aromatic N) is 1. The molecule has 5 atom stereocenters. The van der Waals surface area contributed by atoms with Crippen LogP contribution in [0, 0.1) is 23.7 Å². The molecular weight excluding hydrogens is 260 g/mol. The number of hydrogen-bond donors (Lipinski definition) is 1. The van der Waals surface area contributed by atoms with Crippen LogP contribution >= 0.6 is 0 Å². The van der Waals surface area contributed by atoms with Crippen molar-refractivity contribution in [2.75, 3.05) is 13.1 Å². The van der Waals surface area contributed by atoms with E-state index in [0.29, 0.717) is 17.7 Å². The van der Waals surface area contributed by atoms with E-state index in [9.17, 15) is 4.79 Å². The summed E-state index contributed by atoms with van der Waals surface area (Å²) in [5, 5.41) is 0. The van der Waals surface area contributed by atoms with Gasteiger partial charge in [-0.25, -0.2) is 0 Å². The van der Waals surface area contributed by atoms with Crippen LogP contribution in [-0.4, -0.2) is 29.9 Å². The second kappa shape index (κ2) is 7.62. The zero-order chi connectivity index (χ0) is 15.4. The molecule has 3 heteroatoms. The van der Waals surface area contributed by atoms with E-state index in [1.165, 1.54) is 32.1 Å². The van der Waals surface area contributed by atoms with Crippen LogP contribution in [0.15, 0.2) is 0 Å². The zero-order valence-electron chi connectivity index (χ0n) is 14.2. The lowest BCUT2D eigenvalue weighted by atomic mass is 9.72. The molecule has 5 unspecified atom stereocenters. The third-order valence-electron chi connectivity index (χ3n) is 5.86. The van der Waals surface area contributed by atoms with Crippen molar-refractivity contribution in [1.82, 2.24) is 4.90 Å². The first-order chi connectivity index (χ1) is 10.0. The van der Waals surface area contributed by atoms with Gasteiger partial charge in [0.05, 0.1) is 0 Å². The van der Waals surface area contributed by atoms with Gasteiger partial charge < -0.3 is 10.6 Å². The van der Waals surface area contributed by atoms with Gasteiger partial charge in [-0.15, -0.1) is 0 Å². The van der Waals surface area contributed by atoms with Crippen molar-refractivity contribution < 1.29 is 4.79 Å². The predicted octanol–water partition coefficient (Wildman–Crippen LogP) is 3.42. The molecule has 2 N–H and O–H groups in total. The van der Waals surface area contributed by atoms with Crippen molar-refractivity contribution in [2.24, 2.45) is 29.4 Å². The molecule has 2 fully saturated rings. The summed E-state index contributed by atoms with van der Waals surface area (Å²) in [4.78, 5) is 15.1. The van der Waals surface area contributed by atoms with E-state index < -0.39 is 0 Å². The molecule has 0 aromatic heterocycles. The summed E-state index contributed by atoms with van der Waals surface area (Å²) in [5.41, 5.74) is 6.22. The lowest BCUT2D eigenvalue weighted by Gasteiger charge is -2.38. The number of amides is 1. The minimum atomic E-state index is 0.166. The fraction of sp³-hybridized carbons (Fsp3) is 0.944. The maximum absolute atomic E-state index is 12.9. The summed E-state index contributed by atoms with van der Waals surface area (Å²) < 4.78 is 0. The van der Waals surface area contributed by atoms with Gasteiger partial charge >= 0.3 is 0 Å². The largest absolute Gasteiger partial charge is 0.342 e. The Morgan fingerprint density at radius 1 is 1.14 bits per heavy atom. The normalized spacial score (nSPS) is 38.1. The average Bonchev–Trinajstić information content (AvgIpc) is 2.68. The molecule has 0 spiro atoms. The Kier molecular flexibility index (Phi) is 6.09. The van der Waals surface area contributed by atoms with Crippen LogP contribution in [0.25, 0.3) is 0 Å². The average molecular weight is 294 g/mol. The van der Waals surface area contributed by atoms with Gasteiger partial charge in [0.25, 0.3) is 0 Å². The Labute approximate surface area is 130 Å². The second-order valence-electron chi connectivity index (χ2n) is 7.61. The van der Waals surface area contributed by atoms with Gasteiger partial charge in [0, 0.05) is 25.0 Å². The minimum Gasteiger partial charge on any atom is -0.342 e. The molecule has 1 aliphatic carbocycles. The SMILES string of the molecule is CCCC1CCCN(C(=O)C2CC(N)C(C)CC2C)CC1. The molecule has 0 radical (unpaired) electrons. The third-order valence-corrected chi connectivity index (χ3v) is 5.86. The summed E-state index contributed by atoms with van der Waals surface area (Å²) in [6.45, 7) is 8.66. The predicted molar refractivity (Wildman–Crippen MR) is 87.9 cm³/mol. The number of carbonyl (C=O) groups is 1. The summed E-state index contributed by atoms with van der Waals surface area (Å²) >= 11 is 0. The van der Waals surface area contributed by atoms with Crippen LogP contribution in [0.3, 0.4) is 0 Å². The number of likely N-dealkylation sites (tertiary alicyclic amines) is 1. The van der Waals surface area contributed by atoms with Crippen molar-refractivity contribution >= 4 is 5.91 Å². The highest BCUT2D eigenvalue weighted by molar-refractivity contribution is 5.79. The van der Waals surface area contributed by atoms with Crippen molar-refractivity contribution in [3.05, 3.63) is 0 Å². The van der Waals surface area contributed by atoms with Crippen molar-refractivity contribution in [2.45, 2.75) is 71.8 Å². The van der Waals surface area contributed by atoms with Crippen molar-refractivity contribution in [1.29, 1.82) is 0 Å². The topological polar surface area (TPSA) is 46.3 Å². The molecule has 0 aromatic rings. The maximum Gasteiger partial charge on any atom is 0.226 e. The first-order valence-electron chi connectivity index (χ1n) is 9.07. The third kappa shape index (κ3) is 4.21. The van der Waals surface area contributed by atoms with Gasteiger partial charge in [-0.2, -0.15) is 0 Å². The number of rotatable bonds is 3. The second-order valence-corrected chi connectivity index (χ2v) is 7.61. The van der Waals surface area contributed by atoms with Gasteiger partial charge in [-0.05, 0) is 49.9 Å². The maximum atomic E-state index is 12.9. The first-order valence-corrected chi connectivity index (χ1v) is 9.07. The zero-order valence-corrected chi connectivity index (χ0v) is 14.2. The molecule has 1 saturated carbocycles. The molecule has 1 heterocycles. The highest BCUT2D eigenvalue weighted by Crippen LogP contribution is 2.34. The Morgan fingerprint density at radius 2 is 1.90 bits per heavy atom. The highest BCUT2D eigenvalue weighted by Gasteiger charge is 2.37. The monoisotopic (exact) mass is 294 g/mol. The molecule has 1 aliphatic heterocycles. The molecule has 1 saturated heterocycles. The Morgan fingerprint density at radius 3 is 2.62 bits per heavy atom. The van der Waals surface area contributed by atoms with Crippen LogP contribution in [0.5, 0.6) is 0 Å². The quantitative estimate of drug-likeness (QED) is 0.867. The van der Waals surface area contributed by atoms with Crippen molar-refractivity contribution in [3.63, 3.8) is 0 Å². The summed E-state index contributed by atoms with van der Waals surface area (Å²) in [5.74, 6) is 2.43. The van der Waals surface area contributed by atoms with Crippen LogP contribution in [0.4, 0.5) is 0 Å². The smallest absolute Gasteiger partial charge is 0.226 e. The van der Waals surface area contributed by atoms with Crippen LogP contribution < -0.4 is 5.73 Å². The van der Waals surface area contributed by atoms with E-state index in [0.717, 1.165) is 31.8 Å². The molecule has 2 rings (SSSR count). The van der Waals surface area contributed by atoms with Gasteiger partial charge in [0.1, 0.15) is 0 Å². The molecule has 0 bridgehead atoms.